The molecule has 2 amide bonds. The summed E-state index contributed by atoms with van der Waals surface area (Å²) in [5, 5.41) is 13.2. The molecular weight excluding hydrogens is 406 g/mol. The van der Waals surface area contributed by atoms with E-state index in [0.717, 1.165) is 21.9 Å². The van der Waals surface area contributed by atoms with E-state index in [9.17, 15) is 9.59 Å². The van der Waals surface area contributed by atoms with E-state index in [1.165, 1.54) is 0 Å². The smallest absolute Gasteiger partial charge is 0.272 e. The first kappa shape index (κ1) is 19.4. The maximum atomic E-state index is 12.5. The number of imidazole rings is 1. The third-order valence-corrected chi connectivity index (χ3v) is 5.00. The van der Waals surface area contributed by atoms with Crippen LogP contribution in [0.2, 0.25) is 0 Å². The van der Waals surface area contributed by atoms with Crippen molar-refractivity contribution < 1.29 is 9.59 Å². The zero-order valence-electron chi connectivity index (χ0n) is 16.9. The minimum atomic E-state index is -0.331. The molecule has 158 valence electrons. The van der Waals surface area contributed by atoms with Crippen LogP contribution in [0.15, 0.2) is 66.7 Å². The Morgan fingerprint density at radius 3 is 2.38 bits per heavy atom. The molecule has 0 spiro atoms. The number of nitrogens with one attached hydrogen (secondary N) is 4. The van der Waals surface area contributed by atoms with Gasteiger partial charge in [0.05, 0.1) is 16.6 Å². The molecule has 0 aliphatic carbocycles. The molecule has 0 radical (unpaired) electrons. The number of amides is 2. The van der Waals surface area contributed by atoms with Crippen molar-refractivity contribution in [1.29, 1.82) is 0 Å². The van der Waals surface area contributed by atoms with Crippen molar-refractivity contribution in [3.8, 4) is 11.5 Å². The first-order chi connectivity index (χ1) is 15.7. The van der Waals surface area contributed by atoms with E-state index < -0.39 is 0 Å². The van der Waals surface area contributed by atoms with Gasteiger partial charge in [0.15, 0.2) is 11.5 Å². The zero-order valence-corrected chi connectivity index (χ0v) is 16.9. The highest BCUT2D eigenvalue weighted by atomic mass is 16.2. The van der Waals surface area contributed by atoms with Gasteiger partial charge >= 0.3 is 0 Å². The number of hydrogen-bond donors (Lipinski definition) is 4. The second-order valence-corrected chi connectivity index (χ2v) is 7.14. The van der Waals surface area contributed by atoms with Gasteiger partial charge in [-0.25, -0.2) is 9.97 Å². The highest BCUT2D eigenvalue weighted by Gasteiger charge is 2.14. The third kappa shape index (κ3) is 3.79. The van der Waals surface area contributed by atoms with Gasteiger partial charge in [-0.3, -0.25) is 14.7 Å². The number of aromatic nitrogens is 5. The molecule has 0 aliphatic rings. The van der Waals surface area contributed by atoms with E-state index in [0.29, 0.717) is 17.2 Å². The monoisotopic (exact) mass is 425 g/mol. The summed E-state index contributed by atoms with van der Waals surface area (Å²) in [6, 6.07) is 20.3. The minimum Gasteiger partial charge on any atom is -0.349 e. The first-order valence-electron chi connectivity index (χ1n) is 10.1. The van der Waals surface area contributed by atoms with Crippen molar-refractivity contribution in [2.75, 3.05) is 13.1 Å². The molecule has 3 aromatic heterocycles. The Kier molecular flexibility index (Phi) is 5.04. The maximum absolute atomic E-state index is 12.5. The number of H-pyrrole nitrogens is 2. The largest absolute Gasteiger partial charge is 0.349 e. The Morgan fingerprint density at radius 2 is 1.53 bits per heavy atom. The summed E-state index contributed by atoms with van der Waals surface area (Å²) in [6.07, 6.45) is 0. The molecule has 0 atom stereocenters. The number of nitrogens with zero attached hydrogens (tertiary/aromatic N) is 3. The van der Waals surface area contributed by atoms with Crippen LogP contribution in [0.5, 0.6) is 0 Å². The van der Waals surface area contributed by atoms with Gasteiger partial charge in [-0.05, 0) is 30.3 Å². The Bertz CT molecular complexity index is 1400. The van der Waals surface area contributed by atoms with E-state index in [1.807, 2.05) is 48.5 Å². The summed E-state index contributed by atoms with van der Waals surface area (Å²) in [5.41, 5.74) is 3.70. The molecule has 0 fully saturated rings. The van der Waals surface area contributed by atoms with Gasteiger partial charge in [0.2, 0.25) is 0 Å². The molecule has 9 nitrogen and oxygen atoms in total. The van der Waals surface area contributed by atoms with Crippen LogP contribution in [0.3, 0.4) is 0 Å². The predicted octanol–water partition coefficient (Wildman–Crippen LogP) is 2.66. The van der Waals surface area contributed by atoms with Crippen molar-refractivity contribution in [2.24, 2.45) is 0 Å². The van der Waals surface area contributed by atoms with Crippen molar-refractivity contribution in [3.05, 3.63) is 78.1 Å². The molecule has 5 aromatic rings. The number of carbonyl (C=O) groups is 2. The summed E-state index contributed by atoms with van der Waals surface area (Å²) in [7, 11) is 0. The van der Waals surface area contributed by atoms with Crippen molar-refractivity contribution >= 4 is 33.8 Å². The standard InChI is InChI=1S/C23H19N7O2/c31-22(24-12-13-25-23(32)20-14-6-1-2-7-15(14)29-30-20)19-11-5-10-18(26-19)21-27-16-8-3-4-9-17(16)28-21/h1-11H,12-13H2,(H,24,31)(H,25,32)(H,27,28)(H,29,30). The van der Waals surface area contributed by atoms with Crippen LogP contribution in [0.4, 0.5) is 0 Å². The molecule has 3 heterocycles. The van der Waals surface area contributed by atoms with Crippen LogP contribution in [0, 0.1) is 0 Å². The van der Waals surface area contributed by atoms with Gasteiger partial charge < -0.3 is 15.6 Å². The van der Waals surface area contributed by atoms with Gasteiger partial charge in [0.25, 0.3) is 11.8 Å². The van der Waals surface area contributed by atoms with Crippen LogP contribution in [0.25, 0.3) is 33.5 Å². The number of fused-ring (bicyclic) bond motifs is 2. The average molecular weight is 425 g/mol. The van der Waals surface area contributed by atoms with Crippen LogP contribution in [-0.4, -0.2) is 50.1 Å². The fourth-order valence-electron chi connectivity index (χ4n) is 3.43. The lowest BCUT2D eigenvalue weighted by Gasteiger charge is -2.07. The maximum Gasteiger partial charge on any atom is 0.272 e. The van der Waals surface area contributed by atoms with E-state index in [4.69, 9.17) is 0 Å². The number of pyridine rings is 1. The van der Waals surface area contributed by atoms with Gasteiger partial charge in [0.1, 0.15) is 11.4 Å². The number of rotatable bonds is 6. The van der Waals surface area contributed by atoms with Gasteiger partial charge in [-0.2, -0.15) is 5.10 Å². The van der Waals surface area contributed by atoms with Crippen LogP contribution >= 0.6 is 0 Å². The Labute approximate surface area is 182 Å². The fraction of sp³-hybridized carbons (Fsp3) is 0.0870. The van der Waals surface area contributed by atoms with Crippen LogP contribution in [-0.2, 0) is 0 Å². The second kappa shape index (κ2) is 8.31. The molecule has 0 unspecified atom stereocenters. The number of carbonyl (C=O) groups excluding carboxylic acids is 2. The Morgan fingerprint density at radius 1 is 0.781 bits per heavy atom. The molecule has 0 bridgehead atoms. The van der Waals surface area contributed by atoms with Gasteiger partial charge in [0, 0.05) is 18.5 Å². The summed E-state index contributed by atoms with van der Waals surface area (Å²) in [6.45, 7) is 0.512. The summed E-state index contributed by atoms with van der Waals surface area (Å²) in [5.74, 6) is -0.0384. The van der Waals surface area contributed by atoms with Crippen LogP contribution < -0.4 is 10.6 Å². The number of para-hydroxylation sites is 3. The lowest BCUT2D eigenvalue weighted by atomic mass is 10.2. The van der Waals surface area contributed by atoms with E-state index >= 15 is 0 Å². The Hall–Kier alpha value is -4.53. The lowest BCUT2D eigenvalue weighted by Crippen LogP contribution is -2.35. The molecule has 0 saturated heterocycles. The SMILES string of the molecule is O=C(NCCNC(=O)c1n[nH]c2ccccc12)c1cccc(-c2nc3ccccc3[nH]2)n1. The Balaban J connectivity index is 1.19. The second-order valence-electron chi connectivity index (χ2n) is 7.14. The first-order valence-corrected chi connectivity index (χ1v) is 10.1. The van der Waals surface area contributed by atoms with Crippen LogP contribution in [0.1, 0.15) is 21.0 Å². The molecule has 9 heteroatoms. The highest BCUT2D eigenvalue weighted by Crippen LogP contribution is 2.19. The van der Waals surface area contributed by atoms with Gasteiger partial charge in [-0.15, -0.1) is 0 Å². The third-order valence-electron chi connectivity index (χ3n) is 5.00. The molecule has 5 rings (SSSR count). The van der Waals surface area contributed by atoms with Crippen molar-refractivity contribution in [3.63, 3.8) is 0 Å². The molecular formula is C23H19N7O2. The quantitative estimate of drug-likeness (QED) is 0.311. The molecule has 2 aromatic carbocycles. The molecule has 0 aliphatic heterocycles. The number of benzene rings is 2. The normalized spacial score (nSPS) is 11.0. The van der Waals surface area contributed by atoms with E-state index in [1.54, 1.807) is 18.2 Å². The molecule has 4 N–H and O–H groups in total. The summed E-state index contributed by atoms with van der Waals surface area (Å²) < 4.78 is 0. The molecule has 32 heavy (non-hydrogen) atoms. The average Bonchev–Trinajstić information content (AvgIpc) is 3.46. The topological polar surface area (TPSA) is 128 Å². The zero-order chi connectivity index (χ0) is 21.9. The van der Waals surface area contributed by atoms with Gasteiger partial charge in [-0.1, -0.05) is 36.4 Å². The molecule has 0 saturated carbocycles. The van der Waals surface area contributed by atoms with E-state index in [-0.39, 0.29) is 30.6 Å². The highest BCUT2D eigenvalue weighted by molar-refractivity contribution is 6.04. The fourth-order valence-corrected chi connectivity index (χ4v) is 3.43. The minimum absolute atomic E-state index is 0.253. The number of hydrogen-bond acceptors (Lipinski definition) is 5. The number of aromatic amines is 2. The van der Waals surface area contributed by atoms with E-state index in [2.05, 4.69) is 35.8 Å². The van der Waals surface area contributed by atoms with Crippen molar-refractivity contribution in [2.45, 2.75) is 0 Å². The lowest BCUT2D eigenvalue weighted by molar-refractivity contribution is 0.0923. The van der Waals surface area contributed by atoms with Crippen molar-refractivity contribution in [1.82, 2.24) is 35.8 Å². The summed E-state index contributed by atoms with van der Waals surface area (Å²) in [4.78, 5) is 37.0. The predicted molar refractivity (Wildman–Crippen MR) is 120 cm³/mol. The summed E-state index contributed by atoms with van der Waals surface area (Å²) >= 11 is 0.